The maximum Gasteiger partial charge on any atom is 0.318 e. The van der Waals surface area contributed by atoms with Crippen molar-refractivity contribution in [2.45, 2.75) is 33.0 Å². The van der Waals surface area contributed by atoms with Gasteiger partial charge in [0.15, 0.2) is 5.65 Å². The largest absolute Gasteiger partial charge is 0.497 e. The predicted molar refractivity (Wildman–Crippen MR) is 105 cm³/mol. The van der Waals surface area contributed by atoms with E-state index in [-0.39, 0.29) is 18.9 Å². The Hall–Kier alpha value is -3.42. The van der Waals surface area contributed by atoms with Crippen LogP contribution in [-0.4, -0.2) is 27.1 Å². The first kappa shape index (κ1) is 19.3. The molecule has 0 aliphatic heterocycles. The third-order valence-electron chi connectivity index (χ3n) is 4.51. The highest BCUT2D eigenvalue weighted by Crippen LogP contribution is 2.11. The molecule has 8 nitrogen and oxygen atoms in total. The molecule has 0 atom stereocenters. The molecule has 1 N–H and O–H groups in total. The van der Waals surface area contributed by atoms with E-state index in [1.54, 1.807) is 32.4 Å². The molecule has 1 aromatic carbocycles. The minimum atomic E-state index is -0.648. The molecular formula is C20H22N4O4. The van der Waals surface area contributed by atoms with Crippen molar-refractivity contribution in [2.75, 3.05) is 7.11 Å². The molecule has 0 bridgehead atoms. The Balaban J connectivity index is 1.72. The number of aryl methyl sites for hydroxylation is 2. The Labute approximate surface area is 161 Å². The van der Waals surface area contributed by atoms with Crippen LogP contribution in [0.2, 0.25) is 0 Å². The van der Waals surface area contributed by atoms with Crippen molar-refractivity contribution in [3.05, 3.63) is 68.9 Å². The summed E-state index contributed by atoms with van der Waals surface area (Å²) in [6.45, 7) is 2.61. The molecule has 0 aliphatic carbocycles. The van der Waals surface area contributed by atoms with Crippen molar-refractivity contribution in [2.24, 2.45) is 0 Å². The number of carbonyl (C=O) groups excluding carboxylic acids is 1. The summed E-state index contributed by atoms with van der Waals surface area (Å²) in [6.07, 6.45) is 1.65. The van der Waals surface area contributed by atoms with Gasteiger partial charge in [-0.05, 0) is 36.8 Å². The molecule has 2 heterocycles. The van der Waals surface area contributed by atoms with E-state index < -0.39 is 11.1 Å². The minimum absolute atomic E-state index is 0.0790. The van der Waals surface area contributed by atoms with E-state index in [2.05, 4.69) is 10.3 Å². The number of benzene rings is 1. The van der Waals surface area contributed by atoms with Crippen molar-refractivity contribution >= 4 is 17.1 Å². The van der Waals surface area contributed by atoms with Crippen LogP contribution in [0, 0.1) is 0 Å². The van der Waals surface area contributed by atoms with Crippen LogP contribution in [0.5, 0.6) is 5.75 Å². The number of rotatable bonds is 7. The highest BCUT2D eigenvalue weighted by atomic mass is 16.5. The lowest BCUT2D eigenvalue weighted by Crippen LogP contribution is -2.42. The molecule has 28 heavy (non-hydrogen) atoms. The lowest BCUT2D eigenvalue weighted by Gasteiger charge is -2.13. The van der Waals surface area contributed by atoms with Crippen molar-refractivity contribution in [3.8, 4) is 5.75 Å². The zero-order chi connectivity index (χ0) is 20.1. The Kier molecular flexibility index (Phi) is 5.88. The first-order valence-corrected chi connectivity index (χ1v) is 9.03. The molecule has 3 aromatic rings. The fraction of sp³-hybridized carbons (Fsp3) is 0.300. The minimum Gasteiger partial charge on any atom is -0.497 e. The monoisotopic (exact) mass is 382 g/mol. The van der Waals surface area contributed by atoms with Gasteiger partial charge in [-0.25, -0.2) is 4.98 Å². The zero-order valence-electron chi connectivity index (χ0n) is 15.8. The predicted octanol–water partition coefficient (Wildman–Crippen LogP) is 1.29. The number of pyridine rings is 1. The number of aromatic nitrogens is 3. The second kappa shape index (κ2) is 8.51. The highest BCUT2D eigenvalue weighted by molar-refractivity contribution is 5.76. The van der Waals surface area contributed by atoms with Crippen LogP contribution in [0.4, 0.5) is 0 Å². The molecule has 0 spiro atoms. The summed E-state index contributed by atoms with van der Waals surface area (Å²) >= 11 is 0. The van der Waals surface area contributed by atoms with E-state index in [1.165, 1.54) is 9.13 Å². The van der Waals surface area contributed by atoms with Crippen LogP contribution < -0.4 is 21.2 Å². The van der Waals surface area contributed by atoms with Gasteiger partial charge in [0.2, 0.25) is 5.91 Å². The first-order chi connectivity index (χ1) is 13.5. The molecule has 3 rings (SSSR count). The van der Waals surface area contributed by atoms with E-state index in [1.807, 2.05) is 24.3 Å². The van der Waals surface area contributed by atoms with E-state index >= 15 is 0 Å². The van der Waals surface area contributed by atoms with Gasteiger partial charge < -0.3 is 14.6 Å². The summed E-state index contributed by atoms with van der Waals surface area (Å²) in [5.41, 5.74) is 0.634. The Morgan fingerprint density at radius 3 is 2.50 bits per heavy atom. The topological polar surface area (TPSA) is 95.2 Å². The van der Waals surface area contributed by atoms with Crippen molar-refractivity contribution in [3.63, 3.8) is 0 Å². The van der Waals surface area contributed by atoms with Gasteiger partial charge in [-0.1, -0.05) is 12.1 Å². The van der Waals surface area contributed by atoms with Crippen molar-refractivity contribution in [1.82, 2.24) is 19.4 Å². The van der Waals surface area contributed by atoms with Crippen LogP contribution >= 0.6 is 0 Å². The normalized spacial score (nSPS) is 10.8. The molecular weight excluding hydrogens is 360 g/mol. The van der Waals surface area contributed by atoms with Crippen LogP contribution in [0.25, 0.3) is 11.2 Å². The maximum atomic E-state index is 12.5. The fourth-order valence-electron chi connectivity index (χ4n) is 3.00. The Bertz CT molecular complexity index is 1100. The highest BCUT2D eigenvalue weighted by Gasteiger charge is 2.13. The second-order valence-corrected chi connectivity index (χ2v) is 6.23. The van der Waals surface area contributed by atoms with Crippen LogP contribution in [0.1, 0.15) is 18.9 Å². The van der Waals surface area contributed by atoms with E-state index in [4.69, 9.17) is 4.74 Å². The quantitative estimate of drug-likeness (QED) is 0.622. The first-order valence-electron chi connectivity index (χ1n) is 9.03. The zero-order valence-corrected chi connectivity index (χ0v) is 15.8. The van der Waals surface area contributed by atoms with Gasteiger partial charge >= 0.3 is 11.1 Å². The molecule has 0 aliphatic rings. The van der Waals surface area contributed by atoms with Gasteiger partial charge in [-0.15, -0.1) is 0 Å². The van der Waals surface area contributed by atoms with Gasteiger partial charge in [0, 0.05) is 32.3 Å². The smallest absolute Gasteiger partial charge is 0.318 e. The lowest BCUT2D eigenvalue weighted by atomic mass is 10.2. The molecule has 1 amide bonds. The molecule has 8 heteroatoms. The molecule has 146 valence electrons. The molecule has 0 saturated heterocycles. The number of carbonyl (C=O) groups is 1. The van der Waals surface area contributed by atoms with Gasteiger partial charge in [0.05, 0.1) is 12.6 Å². The second-order valence-electron chi connectivity index (χ2n) is 6.23. The number of hydrogen-bond acceptors (Lipinski definition) is 5. The van der Waals surface area contributed by atoms with E-state index in [9.17, 15) is 14.4 Å². The van der Waals surface area contributed by atoms with Gasteiger partial charge in [0.1, 0.15) is 5.75 Å². The van der Waals surface area contributed by atoms with Gasteiger partial charge in [0.25, 0.3) is 0 Å². The average molecular weight is 382 g/mol. The number of methoxy groups -OCH3 is 1. The summed E-state index contributed by atoms with van der Waals surface area (Å²) in [6, 6.07) is 10.8. The third kappa shape index (κ3) is 3.95. The summed E-state index contributed by atoms with van der Waals surface area (Å²) in [7, 11) is 1.59. The SMILES string of the molecule is CCn1c(=O)c(=O)n(CCC(=O)NCc2ccc(OC)cc2)c2cccnc21. The number of ether oxygens (including phenoxy) is 1. The summed E-state index contributed by atoms with van der Waals surface area (Å²) in [4.78, 5) is 41.2. The summed E-state index contributed by atoms with van der Waals surface area (Å²) in [5, 5.41) is 2.82. The van der Waals surface area contributed by atoms with Crippen LogP contribution in [-0.2, 0) is 24.4 Å². The lowest BCUT2D eigenvalue weighted by molar-refractivity contribution is -0.121. The number of amides is 1. The van der Waals surface area contributed by atoms with E-state index in [0.29, 0.717) is 24.3 Å². The molecule has 0 fully saturated rings. The number of nitrogens with one attached hydrogen (secondary N) is 1. The van der Waals surface area contributed by atoms with Crippen LogP contribution in [0.3, 0.4) is 0 Å². The number of hydrogen-bond donors (Lipinski definition) is 1. The molecule has 2 aromatic heterocycles. The molecule has 0 saturated carbocycles. The van der Waals surface area contributed by atoms with E-state index in [0.717, 1.165) is 11.3 Å². The Morgan fingerprint density at radius 1 is 1.11 bits per heavy atom. The number of nitrogens with zero attached hydrogens (tertiary/aromatic N) is 3. The average Bonchev–Trinajstić information content (AvgIpc) is 2.73. The Morgan fingerprint density at radius 2 is 1.82 bits per heavy atom. The maximum absolute atomic E-state index is 12.5. The standard InChI is InChI=1S/C20H22N4O4/c1-3-23-18-16(5-4-11-21-18)24(20(27)19(23)26)12-10-17(25)22-13-14-6-8-15(28-2)9-7-14/h4-9,11H,3,10,12-13H2,1-2H3,(H,22,25). The molecule has 0 unspecified atom stereocenters. The fourth-order valence-corrected chi connectivity index (χ4v) is 3.00. The summed E-state index contributed by atoms with van der Waals surface area (Å²) < 4.78 is 7.77. The van der Waals surface area contributed by atoms with Crippen molar-refractivity contribution < 1.29 is 9.53 Å². The number of fused-ring (bicyclic) bond motifs is 1. The third-order valence-corrected chi connectivity index (χ3v) is 4.51. The molecule has 0 radical (unpaired) electrons. The van der Waals surface area contributed by atoms with Crippen LogP contribution in [0.15, 0.2) is 52.2 Å². The van der Waals surface area contributed by atoms with Crippen molar-refractivity contribution in [1.29, 1.82) is 0 Å². The van der Waals surface area contributed by atoms with Gasteiger partial charge in [-0.3, -0.25) is 19.0 Å². The van der Waals surface area contributed by atoms with Gasteiger partial charge in [-0.2, -0.15) is 0 Å². The summed E-state index contributed by atoms with van der Waals surface area (Å²) in [5.74, 6) is 0.538.